The molecule has 74 valence electrons. The number of carbonyl (C=O) groups excluding carboxylic acids is 2. The van der Waals surface area contributed by atoms with Crippen molar-refractivity contribution in [3.63, 3.8) is 0 Å². The summed E-state index contributed by atoms with van der Waals surface area (Å²) in [5.74, 6) is -0.845. The minimum Gasteiger partial charge on any atom is -0.336 e. The molecule has 6 heteroatoms. The Morgan fingerprint density at radius 1 is 1.46 bits per heavy atom. The lowest BCUT2D eigenvalue weighted by Crippen LogP contribution is -2.55. The molecule has 1 heterocycles. The summed E-state index contributed by atoms with van der Waals surface area (Å²) in [6.07, 6.45) is 0. The van der Waals surface area contributed by atoms with E-state index in [4.69, 9.17) is 0 Å². The number of ketones is 1. The van der Waals surface area contributed by atoms with Crippen molar-refractivity contribution in [2.45, 2.75) is 25.9 Å². The van der Waals surface area contributed by atoms with E-state index >= 15 is 0 Å². The van der Waals surface area contributed by atoms with Gasteiger partial charge >= 0.3 is 6.03 Å². The Hall–Kier alpha value is -0.980. The smallest absolute Gasteiger partial charge is 0.315 e. The maximum atomic E-state index is 11.0. The first-order chi connectivity index (χ1) is 5.86. The SMILES string of the molecule is CC(=O)C1CNC(O)(O)N1C(C)=O. The number of nitrogens with one attached hydrogen (secondary N) is 1. The molecule has 1 amide bonds. The van der Waals surface area contributed by atoms with E-state index in [9.17, 15) is 19.8 Å². The van der Waals surface area contributed by atoms with Gasteiger partial charge in [0.1, 0.15) is 6.04 Å². The molecule has 1 unspecified atom stereocenters. The van der Waals surface area contributed by atoms with Gasteiger partial charge in [0.25, 0.3) is 0 Å². The minimum absolute atomic E-state index is 0.0575. The van der Waals surface area contributed by atoms with Gasteiger partial charge in [-0.1, -0.05) is 0 Å². The predicted molar refractivity (Wildman–Crippen MR) is 42.2 cm³/mol. The van der Waals surface area contributed by atoms with Gasteiger partial charge in [0.15, 0.2) is 5.78 Å². The molecule has 6 nitrogen and oxygen atoms in total. The largest absolute Gasteiger partial charge is 0.336 e. The Bertz CT molecular complexity index is 251. The molecule has 1 aliphatic rings. The number of nitrogens with zero attached hydrogens (tertiary/aromatic N) is 1. The van der Waals surface area contributed by atoms with Gasteiger partial charge in [0.2, 0.25) is 5.91 Å². The second-order valence-electron chi connectivity index (χ2n) is 3.03. The quantitative estimate of drug-likeness (QED) is 0.414. The fraction of sp³-hybridized carbons (Fsp3) is 0.714. The van der Waals surface area contributed by atoms with Crippen molar-refractivity contribution < 1.29 is 19.8 Å². The fourth-order valence-corrected chi connectivity index (χ4v) is 1.39. The average molecular weight is 188 g/mol. The highest BCUT2D eigenvalue weighted by Gasteiger charge is 2.47. The molecule has 0 aliphatic carbocycles. The normalized spacial score (nSPS) is 26.2. The number of hydrogen-bond donors (Lipinski definition) is 3. The third-order valence-electron chi connectivity index (χ3n) is 1.99. The Balaban J connectivity index is 2.92. The number of aliphatic hydroxyl groups is 2. The van der Waals surface area contributed by atoms with Crippen LogP contribution >= 0.6 is 0 Å². The highest BCUT2D eigenvalue weighted by Crippen LogP contribution is 2.17. The summed E-state index contributed by atoms with van der Waals surface area (Å²) < 4.78 is 0. The maximum absolute atomic E-state index is 11.0. The summed E-state index contributed by atoms with van der Waals surface area (Å²) >= 11 is 0. The van der Waals surface area contributed by atoms with Crippen LogP contribution in [0.25, 0.3) is 0 Å². The van der Waals surface area contributed by atoms with Crippen molar-refractivity contribution in [1.29, 1.82) is 0 Å². The van der Waals surface area contributed by atoms with Crippen LogP contribution in [0.5, 0.6) is 0 Å². The van der Waals surface area contributed by atoms with Crippen molar-refractivity contribution in [1.82, 2.24) is 10.2 Å². The topological polar surface area (TPSA) is 89.9 Å². The lowest BCUT2D eigenvalue weighted by Gasteiger charge is -2.29. The fourth-order valence-electron chi connectivity index (χ4n) is 1.39. The molecule has 1 rings (SSSR count). The first kappa shape index (κ1) is 10.1. The summed E-state index contributed by atoms with van der Waals surface area (Å²) in [6, 6.07) is -3.20. The molecule has 0 aromatic rings. The molecule has 0 radical (unpaired) electrons. The van der Waals surface area contributed by atoms with E-state index in [2.05, 4.69) is 5.32 Å². The molecule has 0 aromatic heterocycles. The highest BCUT2D eigenvalue weighted by atomic mass is 16.6. The Labute approximate surface area is 75.1 Å². The molecular weight excluding hydrogens is 176 g/mol. The van der Waals surface area contributed by atoms with Crippen LogP contribution in [0.3, 0.4) is 0 Å². The van der Waals surface area contributed by atoms with Gasteiger partial charge in [-0.2, -0.15) is 0 Å². The zero-order valence-electron chi connectivity index (χ0n) is 7.44. The first-order valence-corrected chi connectivity index (χ1v) is 3.86. The molecular formula is C7H12N2O4. The molecule has 0 spiro atoms. The molecule has 0 saturated carbocycles. The number of Topliss-reactive ketones (excluding diaryl/α,β-unsaturated/α-hetero) is 1. The van der Waals surface area contributed by atoms with Gasteiger partial charge in [-0.15, -0.1) is 0 Å². The summed E-state index contributed by atoms with van der Waals surface area (Å²) in [5.41, 5.74) is 0. The molecule has 1 atom stereocenters. The number of rotatable bonds is 1. The molecule has 1 saturated heterocycles. The second-order valence-corrected chi connectivity index (χ2v) is 3.03. The van der Waals surface area contributed by atoms with Gasteiger partial charge in [-0.05, 0) is 6.92 Å². The van der Waals surface area contributed by atoms with Crippen LogP contribution in [-0.4, -0.2) is 45.4 Å². The van der Waals surface area contributed by atoms with Crippen LogP contribution in [0.15, 0.2) is 0 Å². The molecule has 13 heavy (non-hydrogen) atoms. The molecule has 0 bridgehead atoms. The Morgan fingerprint density at radius 2 is 2.00 bits per heavy atom. The maximum Gasteiger partial charge on any atom is 0.315 e. The van der Waals surface area contributed by atoms with Crippen LogP contribution in [0.2, 0.25) is 0 Å². The van der Waals surface area contributed by atoms with Gasteiger partial charge < -0.3 is 10.2 Å². The summed E-state index contributed by atoms with van der Waals surface area (Å²) in [7, 11) is 0. The van der Waals surface area contributed by atoms with E-state index < -0.39 is 18.0 Å². The molecule has 0 aromatic carbocycles. The van der Waals surface area contributed by atoms with Gasteiger partial charge in [0.05, 0.1) is 0 Å². The van der Waals surface area contributed by atoms with Crippen molar-refractivity contribution in [3.05, 3.63) is 0 Å². The Morgan fingerprint density at radius 3 is 2.31 bits per heavy atom. The average Bonchev–Trinajstić information content (AvgIpc) is 2.24. The third-order valence-corrected chi connectivity index (χ3v) is 1.99. The van der Waals surface area contributed by atoms with Gasteiger partial charge in [-0.3, -0.25) is 14.5 Å². The lowest BCUT2D eigenvalue weighted by molar-refractivity contribution is -0.257. The lowest BCUT2D eigenvalue weighted by atomic mass is 10.2. The number of carbonyl (C=O) groups is 2. The Kier molecular flexibility index (Phi) is 2.38. The second kappa shape index (κ2) is 3.06. The van der Waals surface area contributed by atoms with Gasteiger partial charge in [-0.25, -0.2) is 5.32 Å². The monoisotopic (exact) mass is 188 g/mol. The minimum atomic E-state index is -2.40. The van der Waals surface area contributed by atoms with Crippen molar-refractivity contribution >= 4 is 11.7 Å². The van der Waals surface area contributed by atoms with E-state index in [1.165, 1.54) is 13.8 Å². The predicted octanol–water partition coefficient (Wildman–Crippen LogP) is -2.01. The van der Waals surface area contributed by atoms with Crippen LogP contribution in [-0.2, 0) is 9.59 Å². The molecule has 3 N–H and O–H groups in total. The van der Waals surface area contributed by atoms with E-state index in [1.54, 1.807) is 0 Å². The van der Waals surface area contributed by atoms with Crippen molar-refractivity contribution in [3.8, 4) is 0 Å². The molecule has 1 aliphatic heterocycles. The van der Waals surface area contributed by atoms with E-state index in [1.807, 2.05) is 0 Å². The summed E-state index contributed by atoms with van der Waals surface area (Å²) in [6.45, 7) is 2.52. The van der Waals surface area contributed by atoms with Crippen molar-refractivity contribution in [2.75, 3.05) is 6.54 Å². The van der Waals surface area contributed by atoms with Crippen LogP contribution in [0, 0.1) is 0 Å². The number of amides is 1. The zero-order chi connectivity index (χ0) is 10.2. The van der Waals surface area contributed by atoms with Crippen LogP contribution < -0.4 is 5.32 Å². The van der Waals surface area contributed by atoms with Crippen LogP contribution in [0.4, 0.5) is 0 Å². The van der Waals surface area contributed by atoms with E-state index in [0.29, 0.717) is 0 Å². The highest BCUT2D eigenvalue weighted by molar-refractivity contribution is 5.87. The standard InChI is InChI=1S/C7H12N2O4/c1-4(10)6-3-8-7(12,13)9(6)5(2)11/h6,8,12-13H,3H2,1-2H3. The van der Waals surface area contributed by atoms with Crippen LogP contribution in [0.1, 0.15) is 13.8 Å². The zero-order valence-corrected chi connectivity index (χ0v) is 7.44. The van der Waals surface area contributed by atoms with Gasteiger partial charge in [0, 0.05) is 13.5 Å². The third kappa shape index (κ3) is 1.69. The summed E-state index contributed by atoms with van der Waals surface area (Å²) in [4.78, 5) is 22.7. The summed E-state index contributed by atoms with van der Waals surface area (Å²) in [5, 5.41) is 20.7. The van der Waals surface area contributed by atoms with E-state index in [-0.39, 0.29) is 12.3 Å². The first-order valence-electron chi connectivity index (χ1n) is 3.86. The van der Waals surface area contributed by atoms with E-state index in [0.717, 1.165) is 4.90 Å². The number of hydrogen-bond acceptors (Lipinski definition) is 5. The van der Waals surface area contributed by atoms with Crippen molar-refractivity contribution in [2.24, 2.45) is 0 Å². The molecule has 1 fully saturated rings.